The number of nitrogens with zero attached hydrogens (tertiary/aromatic N) is 6. The molecule has 2 aromatic carbocycles. The number of anilines is 1. The summed E-state index contributed by atoms with van der Waals surface area (Å²) in [6.45, 7) is 8.91. The highest BCUT2D eigenvalue weighted by atomic mass is 19.1. The Kier molecular flexibility index (Phi) is 5.17. The van der Waals surface area contributed by atoms with Gasteiger partial charge < -0.3 is 9.64 Å². The predicted octanol–water partition coefficient (Wildman–Crippen LogP) is 3.83. The van der Waals surface area contributed by atoms with Gasteiger partial charge in [0.25, 0.3) is 0 Å². The minimum atomic E-state index is -0.234. The molecule has 174 valence electrons. The van der Waals surface area contributed by atoms with E-state index in [1.54, 1.807) is 6.07 Å². The lowest BCUT2D eigenvalue weighted by Gasteiger charge is -2.36. The molecule has 0 N–H and O–H groups in total. The van der Waals surface area contributed by atoms with Crippen LogP contribution in [0, 0.1) is 19.7 Å². The molecule has 4 heterocycles. The molecule has 0 bridgehead atoms. The van der Waals surface area contributed by atoms with Crippen molar-refractivity contribution < 1.29 is 9.13 Å². The number of para-hydroxylation sites is 1. The monoisotopic (exact) mass is 458 g/mol. The molecule has 34 heavy (non-hydrogen) atoms. The first kappa shape index (κ1) is 21.0. The van der Waals surface area contributed by atoms with Crippen LogP contribution >= 0.6 is 0 Å². The highest BCUT2D eigenvalue weighted by molar-refractivity contribution is 5.92. The number of hydrogen-bond acceptors (Lipinski definition) is 6. The van der Waals surface area contributed by atoms with Crippen molar-refractivity contribution in [2.75, 3.05) is 37.6 Å². The summed E-state index contributed by atoms with van der Waals surface area (Å²) in [6, 6.07) is 13.4. The summed E-state index contributed by atoms with van der Waals surface area (Å²) >= 11 is 0. The molecule has 0 aliphatic carbocycles. The van der Waals surface area contributed by atoms with E-state index in [9.17, 15) is 4.39 Å². The van der Waals surface area contributed by atoms with E-state index < -0.39 is 0 Å². The maximum Gasteiger partial charge on any atom is 0.148 e. The smallest absolute Gasteiger partial charge is 0.148 e. The first-order valence-electron chi connectivity index (χ1n) is 11.8. The maximum atomic E-state index is 14.3. The number of aromatic nitrogens is 4. The van der Waals surface area contributed by atoms with Crippen LogP contribution in [0.5, 0.6) is 5.75 Å². The summed E-state index contributed by atoms with van der Waals surface area (Å²) in [5.74, 6) is 0.676. The van der Waals surface area contributed by atoms with Crippen molar-refractivity contribution in [1.29, 1.82) is 0 Å². The van der Waals surface area contributed by atoms with Gasteiger partial charge in [-0.15, -0.1) is 5.10 Å². The van der Waals surface area contributed by atoms with Gasteiger partial charge in [0, 0.05) is 55.6 Å². The average molecular weight is 459 g/mol. The molecule has 1 saturated heterocycles. The summed E-state index contributed by atoms with van der Waals surface area (Å²) in [5.41, 5.74) is 6.63. The van der Waals surface area contributed by atoms with Crippen molar-refractivity contribution in [3.63, 3.8) is 0 Å². The van der Waals surface area contributed by atoms with Crippen molar-refractivity contribution in [3.8, 4) is 11.4 Å². The Morgan fingerprint density at radius 2 is 1.85 bits per heavy atom. The topological polar surface area (TPSA) is 59.3 Å². The Hall–Kier alpha value is -3.52. The highest BCUT2D eigenvalue weighted by Gasteiger charge is 2.24. The van der Waals surface area contributed by atoms with Gasteiger partial charge in [-0.25, -0.2) is 9.07 Å². The molecule has 2 aliphatic heterocycles. The van der Waals surface area contributed by atoms with Crippen LogP contribution in [0.1, 0.15) is 22.6 Å². The van der Waals surface area contributed by atoms with Crippen LogP contribution in [-0.2, 0) is 13.0 Å². The van der Waals surface area contributed by atoms with Gasteiger partial charge in [0.05, 0.1) is 11.2 Å². The quantitative estimate of drug-likeness (QED) is 0.463. The molecule has 0 radical (unpaired) electrons. The molecule has 2 aliphatic rings. The molecule has 4 aromatic rings. The van der Waals surface area contributed by atoms with Crippen molar-refractivity contribution >= 4 is 16.6 Å². The van der Waals surface area contributed by atoms with Gasteiger partial charge in [-0.05, 0) is 50.1 Å². The summed E-state index contributed by atoms with van der Waals surface area (Å²) in [6.07, 6.45) is 0.901. The summed E-state index contributed by atoms with van der Waals surface area (Å²) in [4.78, 5) is 9.27. The van der Waals surface area contributed by atoms with Gasteiger partial charge >= 0.3 is 0 Å². The number of rotatable bonds is 4. The van der Waals surface area contributed by atoms with Gasteiger partial charge in [0.15, 0.2) is 0 Å². The zero-order valence-electron chi connectivity index (χ0n) is 19.5. The van der Waals surface area contributed by atoms with Crippen molar-refractivity contribution in [1.82, 2.24) is 24.9 Å². The van der Waals surface area contributed by atoms with E-state index >= 15 is 0 Å². The number of ether oxygens (including phenoxy) is 1. The fourth-order valence-electron chi connectivity index (χ4n) is 5.01. The van der Waals surface area contributed by atoms with Crippen LogP contribution in [0.3, 0.4) is 0 Å². The molecular weight excluding hydrogens is 431 g/mol. The van der Waals surface area contributed by atoms with Gasteiger partial charge in [-0.3, -0.25) is 9.88 Å². The van der Waals surface area contributed by atoms with Gasteiger partial charge in [0.2, 0.25) is 0 Å². The van der Waals surface area contributed by atoms with Crippen LogP contribution in [0.2, 0.25) is 0 Å². The first-order chi connectivity index (χ1) is 16.6. The fourth-order valence-corrected chi connectivity index (χ4v) is 5.01. The van der Waals surface area contributed by atoms with E-state index in [1.165, 1.54) is 11.6 Å². The van der Waals surface area contributed by atoms with E-state index in [1.807, 2.05) is 30.7 Å². The first-order valence-corrected chi connectivity index (χ1v) is 11.8. The Morgan fingerprint density at radius 3 is 2.71 bits per heavy atom. The predicted molar refractivity (Wildman–Crippen MR) is 129 cm³/mol. The molecule has 8 heteroatoms. The van der Waals surface area contributed by atoms with E-state index in [0.717, 1.165) is 84.3 Å². The second-order valence-electron chi connectivity index (χ2n) is 9.11. The van der Waals surface area contributed by atoms with E-state index in [2.05, 4.69) is 43.3 Å². The molecule has 7 nitrogen and oxygen atoms in total. The minimum absolute atomic E-state index is 0.234. The summed E-state index contributed by atoms with van der Waals surface area (Å²) in [5, 5.41) is 9.51. The number of pyridine rings is 1. The number of hydrogen-bond donors (Lipinski definition) is 0. The summed E-state index contributed by atoms with van der Waals surface area (Å²) in [7, 11) is 0. The molecule has 2 aromatic heterocycles. The van der Waals surface area contributed by atoms with E-state index in [4.69, 9.17) is 4.74 Å². The molecule has 0 spiro atoms. The van der Waals surface area contributed by atoms with Gasteiger partial charge in [-0.2, -0.15) is 0 Å². The normalized spacial score (nSPS) is 15.8. The van der Waals surface area contributed by atoms with Crippen molar-refractivity contribution in [2.45, 2.75) is 26.9 Å². The SMILES string of the molecule is Cc1ccc2c(N3CCN(CCc4cccc5c4OCc4c(C)nnn4-5)CC3)cc(F)cc2n1. The van der Waals surface area contributed by atoms with E-state index in [-0.39, 0.29) is 5.82 Å². The standard InChI is InChI=1S/C26H27FN6O/c1-17-6-7-21-22(28-17)14-20(27)15-24(21)32-12-10-31(11-13-32)9-8-19-4-3-5-23-26(19)34-16-25-18(2)29-30-33(23)25/h3-7,14-15H,8-13,16H2,1-2H3. The summed E-state index contributed by atoms with van der Waals surface area (Å²) < 4.78 is 22.3. The largest absolute Gasteiger partial charge is 0.485 e. The third-order valence-electron chi connectivity index (χ3n) is 6.91. The number of piperazine rings is 1. The molecule has 0 amide bonds. The Bertz CT molecular complexity index is 1370. The second-order valence-corrected chi connectivity index (χ2v) is 9.11. The third kappa shape index (κ3) is 3.68. The van der Waals surface area contributed by atoms with Crippen molar-refractivity contribution in [2.24, 2.45) is 0 Å². The number of benzene rings is 2. The number of aryl methyl sites for hydroxylation is 2. The lowest BCUT2D eigenvalue weighted by Crippen LogP contribution is -2.47. The van der Waals surface area contributed by atoms with E-state index in [0.29, 0.717) is 6.61 Å². The molecular formula is C26H27FN6O. The highest BCUT2D eigenvalue weighted by Crippen LogP contribution is 2.34. The van der Waals surface area contributed by atoms with Crippen LogP contribution in [0.15, 0.2) is 42.5 Å². The zero-order valence-corrected chi connectivity index (χ0v) is 19.5. The number of halogens is 1. The fraction of sp³-hybridized carbons (Fsp3) is 0.346. The van der Waals surface area contributed by atoms with Crippen LogP contribution in [0.25, 0.3) is 16.6 Å². The zero-order chi connectivity index (χ0) is 23.2. The maximum absolute atomic E-state index is 14.3. The molecule has 0 unspecified atom stereocenters. The van der Waals surface area contributed by atoms with Crippen LogP contribution in [-0.4, -0.2) is 57.6 Å². The van der Waals surface area contributed by atoms with Crippen LogP contribution < -0.4 is 9.64 Å². The lowest BCUT2D eigenvalue weighted by atomic mass is 10.1. The Balaban J connectivity index is 1.14. The Morgan fingerprint density at radius 1 is 1.00 bits per heavy atom. The molecule has 0 saturated carbocycles. The molecule has 0 atom stereocenters. The lowest BCUT2D eigenvalue weighted by molar-refractivity contribution is 0.254. The molecule has 1 fully saturated rings. The van der Waals surface area contributed by atoms with Crippen molar-refractivity contribution in [3.05, 3.63) is 70.9 Å². The Labute approximate surface area is 197 Å². The molecule has 6 rings (SSSR count). The second kappa shape index (κ2) is 8.36. The van der Waals surface area contributed by atoms with Crippen LogP contribution in [0.4, 0.5) is 10.1 Å². The van der Waals surface area contributed by atoms with Gasteiger partial charge in [0.1, 0.15) is 29.6 Å². The third-order valence-corrected chi connectivity index (χ3v) is 6.91. The number of fused-ring (bicyclic) bond motifs is 4. The average Bonchev–Trinajstić information content (AvgIpc) is 3.23. The minimum Gasteiger partial charge on any atom is -0.485 e. The van der Waals surface area contributed by atoms with Gasteiger partial charge in [-0.1, -0.05) is 17.3 Å².